The molecule has 2 amide bonds. The molecule has 2 fully saturated rings. The van der Waals surface area contributed by atoms with Gasteiger partial charge in [-0.3, -0.25) is 9.59 Å². The Bertz CT molecular complexity index is 743. The minimum atomic E-state index is -0.331. The van der Waals surface area contributed by atoms with E-state index in [-0.39, 0.29) is 23.3 Å². The van der Waals surface area contributed by atoms with Crippen molar-refractivity contribution in [3.05, 3.63) is 60.1 Å². The van der Waals surface area contributed by atoms with Crippen LogP contribution < -0.4 is 5.32 Å². The molecule has 5 nitrogen and oxygen atoms in total. The van der Waals surface area contributed by atoms with Crippen LogP contribution in [0, 0.1) is 0 Å². The van der Waals surface area contributed by atoms with Gasteiger partial charge >= 0.3 is 0 Å². The van der Waals surface area contributed by atoms with Crippen molar-refractivity contribution in [2.45, 2.75) is 37.1 Å². The van der Waals surface area contributed by atoms with Crippen molar-refractivity contribution in [3.63, 3.8) is 0 Å². The number of hydrogen-bond donors (Lipinski definition) is 1. The second-order valence-electron chi connectivity index (χ2n) is 6.97. The summed E-state index contributed by atoms with van der Waals surface area (Å²) in [6, 6.07) is 13.6. The summed E-state index contributed by atoms with van der Waals surface area (Å²) in [5.41, 5.74) is 0.778. The van der Waals surface area contributed by atoms with Gasteiger partial charge in [0.15, 0.2) is 5.76 Å². The first-order valence-corrected chi connectivity index (χ1v) is 8.88. The Kier molecular flexibility index (Phi) is 4.07. The van der Waals surface area contributed by atoms with Crippen molar-refractivity contribution in [2.24, 2.45) is 0 Å². The summed E-state index contributed by atoms with van der Waals surface area (Å²) < 4.78 is 5.18. The maximum absolute atomic E-state index is 12.8. The van der Waals surface area contributed by atoms with Crippen molar-refractivity contribution in [2.75, 3.05) is 13.1 Å². The number of furan rings is 1. The normalized spacial score (nSPS) is 19.4. The zero-order chi connectivity index (χ0) is 17.3. The predicted octanol–water partition coefficient (Wildman–Crippen LogP) is 2.73. The Morgan fingerprint density at radius 3 is 2.36 bits per heavy atom. The second kappa shape index (κ2) is 6.39. The lowest BCUT2D eigenvalue weighted by atomic mass is 9.94. The third-order valence-electron chi connectivity index (χ3n) is 5.36. The van der Waals surface area contributed by atoms with Crippen LogP contribution in [0.15, 0.2) is 53.1 Å². The SMILES string of the molecule is O=C(c1ccco1)N1CCC(NC(=O)C2(c3ccccc3)CC2)CC1. The molecular weight excluding hydrogens is 316 g/mol. The minimum absolute atomic E-state index is 0.0716. The molecule has 1 aliphatic heterocycles. The zero-order valence-electron chi connectivity index (χ0n) is 14.1. The Morgan fingerprint density at radius 1 is 1.04 bits per heavy atom. The number of rotatable bonds is 4. The molecule has 1 saturated carbocycles. The Morgan fingerprint density at radius 2 is 1.76 bits per heavy atom. The van der Waals surface area contributed by atoms with E-state index in [0.29, 0.717) is 18.8 Å². The number of benzene rings is 1. The van der Waals surface area contributed by atoms with Gasteiger partial charge in [-0.2, -0.15) is 0 Å². The van der Waals surface area contributed by atoms with Gasteiger partial charge in [0, 0.05) is 19.1 Å². The van der Waals surface area contributed by atoms with Crippen molar-refractivity contribution in [1.29, 1.82) is 0 Å². The number of nitrogens with one attached hydrogen (secondary N) is 1. The Balaban J connectivity index is 1.33. The van der Waals surface area contributed by atoms with E-state index in [1.807, 2.05) is 30.3 Å². The van der Waals surface area contributed by atoms with E-state index < -0.39 is 0 Å². The summed E-state index contributed by atoms with van der Waals surface area (Å²) in [4.78, 5) is 26.9. The van der Waals surface area contributed by atoms with Crippen molar-refractivity contribution >= 4 is 11.8 Å². The van der Waals surface area contributed by atoms with E-state index in [0.717, 1.165) is 31.2 Å². The fourth-order valence-electron chi connectivity index (χ4n) is 3.64. The van der Waals surface area contributed by atoms with Crippen molar-refractivity contribution < 1.29 is 14.0 Å². The standard InChI is InChI=1S/C20H22N2O3/c23-18(17-7-4-14-25-17)22-12-8-16(9-13-22)21-19(24)20(10-11-20)15-5-2-1-3-6-15/h1-7,14,16H,8-13H2,(H,21,24). The quantitative estimate of drug-likeness (QED) is 0.932. The van der Waals surface area contributed by atoms with Gasteiger partial charge < -0.3 is 14.6 Å². The van der Waals surface area contributed by atoms with Crippen LogP contribution in [0.1, 0.15) is 41.8 Å². The molecule has 1 aromatic carbocycles. The van der Waals surface area contributed by atoms with Gasteiger partial charge in [0.25, 0.3) is 5.91 Å². The van der Waals surface area contributed by atoms with Crippen molar-refractivity contribution in [3.8, 4) is 0 Å². The summed E-state index contributed by atoms with van der Waals surface area (Å²) >= 11 is 0. The van der Waals surface area contributed by atoms with Gasteiger partial charge in [0.2, 0.25) is 5.91 Å². The van der Waals surface area contributed by atoms with E-state index in [1.54, 1.807) is 17.0 Å². The van der Waals surface area contributed by atoms with Crippen LogP contribution in [-0.2, 0) is 10.2 Å². The molecule has 0 spiro atoms. The van der Waals surface area contributed by atoms with Crippen LogP contribution in [0.25, 0.3) is 0 Å². The molecule has 0 atom stereocenters. The maximum atomic E-state index is 12.8. The van der Waals surface area contributed by atoms with Gasteiger partial charge in [0.05, 0.1) is 11.7 Å². The minimum Gasteiger partial charge on any atom is -0.459 e. The highest BCUT2D eigenvalue weighted by Crippen LogP contribution is 2.48. The zero-order valence-corrected chi connectivity index (χ0v) is 14.1. The lowest BCUT2D eigenvalue weighted by Gasteiger charge is -2.32. The Labute approximate surface area is 147 Å². The van der Waals surface area contributed by atoms with E-state index in [4.69, 9.17) is 4.42 Å². The molecule has 1 saturated heterocycles. The van der Waals surface area contributed by atoms with E-state index in [2.05, 4.69) is 5.32 Å². The number of hydrogen-bond acceptors (Lipinski definition) is 3. The highest BCUT2D eigenvalue weighted by atomic mass is 16.3. The third kappa shape index (κ3) is 3.06. The lowest BCUT2D eigenvalue weighted by Crippen LogP contribution is -2.48. The topological polar surface area (TPSA) is 62.6 Å². The molecule has 25 heavy (non-hydrogen) atoms. The van der Waals surface area contributed by atoms with E-state index in [1.165, 1.54) is 6.26 Å². The van der Waals surface area contributed by atoms with Crippen LogP contribution in [-0.4, -0.2) is 35.8 Å². The fourth-order valence-corrected chi connectivity index (χ4v) is 3.64. The van der Waals surface area contributed by atoms with Gasteiger partial charge in [0.1, 0.15) is 0 Å². The van der Waals surface area contributed by atoms with Crippen LogP contribution in [0.3, 0.4) is 0 Å². The molecule has 1 aliphatic carbocycles. The molecule has 5 heteroatoms. The van der Waals surface area contributed by atoms with Crippen molar-refractivity contribution in [1.82, 2.24) is 10.2 Å². The van der Waals surface area contributed by atoms with Gasteiger partial charge in [-0.05, 0) is 43.4 Å². The van der Waals surface area contributed by atoms with Gasteiger partial charge in [-0.1, -0.05) is 30.3 Å². The first-order chi connectivity index (χ1) is 12.2. The molecule has 0 radical (unpaired) electrons. The highest BCUT2D eigenvalue weighted by molar-refractivity contribution is 5.92. The molecule has 130 valence electrons. The van der Waals surface area contributed by atoms with E-state index in [9.17, 15) is 9.59 Å². The highest BCUT2D eigenvalue weighted by Gasteiger charge is 2.51. The average molecular weight is 338 g/mol. The number of carbonyl (C=O) groups is 2. The number of nitrogens with zero attached hydrogens (tertiary/aromatic N) is 1. The van der Waals surface area contributed by atoms with E-state index >= 15 is 0 Å². The molecular formula is C20H22N2O3. The summed E-state index contributed by atoms with van der Waals surface area (Å²) in [5, 5.41) is 3.21. The predicted molar refractivity (Wildman–Crippen MR) is 93.1 cm³/mol. The molecule has 4 rings (SSSR count). The van der Waals surface area contributed by atoms with Crippen LogP contribution in [0.4, 0.5) is 0 Å². The average Bonchev–Trinajstić information content (AvgIpc) is 3.30. The fraction of sp³-hybridized carbons (Fsp3) is 0.400. The smallest absolute Gasteiger partial charge is 0.289 e. The molecule has 2 aliphatic rings. The van der Waals surface area contributed by atoms with Crippen LogP contribution >= 0.6 is 0 Å². The number of amides is 2. The Hall–Kier alpha value is -2.56. The first-order valence-electron chi connectivity index (χ1n) is 8.88. The second-order valence-corrected chi connectivity index (χ2v) is 6.97. The molecule has 2 aromatic rings. The molecule has 1 aromatic heterocycles. The maximum Gasteiger partial charge on any atom is 0.289 e. The molecule has 2 heterocycles. The summed E-state index contributed by atoms with van der Waals surface area (Å²) in [6.45, 7) is 1.28. The van der Waals surface area contributed by atoms with Gasteiger partial charge in [-0.15, -0.1) is 0 Å². The number of piperidine rings is 1. The first kappa shape index (κ1) is 15.9. The lowest BCUT2D eigenvalue weighted by molar-refractivity contribution is -0.124. The molecule has 1 N–H and O–H groups in total. The van der Waals surface area contributed by atoms with Crippen LogP contribution in [0.2, 0.25) is 0 Å². The summed E-state index contributed by atoms with van der Waals surface area (Å²) in [7, 11) is 0. The largest absolute Gasteiger partial charge is 0.459 e. The number of likely N-dealkylation sites (tertiary alicyclic amines) is 1. The molecule has 0 bridgehead atoms. The van der Waals surface area contributed by atoms with Crippen LogP contribution in [0.5, 0.6) is 0 Å². The number of carbonyl (C=O) groups excluding carboxylic acids is 2. The monoisotopic (exact) mass is 338 g/mol. The summed E-state index contributed by atoms with van der Waals surface area (Å²) in [5.74, 6) is 0.440. The third-order valence-corrected chi connectivity index (χ3v) is 5.36. The molecule has 0 unspecified atom stereocenters. The summed E-state index contributed by atoms with van der Waals surface area (Å²) in [6.07, 6.45) is 4.91. The van der Waals surface area contributed by atoms with Gasteiger partial charge in [-0.25, -0.2) is 0 Å².